The van der Waals surface area contributed by atoms with Crippen molar-refractivity contribution in [3.8, 4) is 0 Å². The smallest absolute Gasteiger partial charge is 0.270 e. The number of benzene rings is 1. The van der Waals surface area contributed by atoms with Gasteiger partial charge in [0.15, 0.2) is 0 Å². The van der Waals surface area contributed by atoms with Crippen molar-refractivity contribution in [2.24, 2.45) is 0 Å². The zero-order valence-corrected chi connectivity index (χ0v) is 12.5. The number of hydrogen-bond donors (Lipinski definition) is 0. The summed E-state index contributed by atoms with van der Waals surface area (Å²) in [7, 11) is 4.97. The van der Waals surface area contributed by atoms with Gasteiger partial charge in [-0.1, -0.05) is 24.3 Å². The summed E-state index contributed by atoms with van der Waals surface area (Å²) in [6.07, 6.45) is 0.974. The molecule has 0 atom stereocenters. The first-order valence-electron chi connectivity index (χ1n) is 6.24. The van der Waals surface area contributed by atoms with Crippen LogP contribution in [-0.4, -0.2) is 48.7 Å². The van der Waals surface area contributed by atoms with Gasteiger partial charge in [-0.2, -0.15) is 0 Å². The molecule has 0 radical (unpaired) electrons. The van der Waals surface area contributed by atoms with Gasteiger partial charge in [0.1, 0.15) is 0 Å². The monoisotopic (exact) mass is 267 g/mol. The molecule has 1 aliphatic rings. The zero-order valence-electron chi connectivity index (χ0n) is 11.6. The predicted octanol–water partition coefficient (Wildman–Crippen LogP) is 2.28. The molecule has 0 fully saturated rings. The molecule has 1 aromatic carbocycles. The average molecular weight is 267 g/mol. The van der Waals surface area contributed by atoms with Gasteiger partial charge in [0, 0.05) is 13.1 Å². The number of hydrogen-bond acceptors (Lipinski definition) is 1. The molecule has 100 valence electrons. The van der Waals surface area contributed by atoms with Crippen molar-refractivity contribution < 1.29 is 4.57 Å². The summed E-state index contributed by atoms with van der Waals surface area (Å²) in [5.41, 5.74) is 2.69. The van der Waals surface area contributed by atoms with Gasteiger partial charge in [0.25, 0.3) is 7.59 Å². The zero-order chi connectivity index (χ0) is 13.3. The van der Waals surface area contributed by atoms with Crippen molar-refractivity contribution in [2.75, 3.05) is 34.7 Å². The van der Waals surface area contributed by atoms with E-state index in [1.165, 1.54) is 11.1 Å². The molecule has 1 aliphatic heterocycles. The molecule has 0 N–H and O–H groups in total. The van der Waals surface area contributed by atoms with Gasteiger partial charge in [-0.25, -0.2) is 14.0 Å². The van der Waals surface area contributed by atoms with Crippen LogP contribution in [0.4, 0.5) is 0 Å². The summed E-state index contributed by atoms with van der Waals surface area (Å²) >= 11 is 0. The minimum absolute atomic E-state index is 0.768. The fourth-order valence-corrected chi connectivity index (χ4v) is 4.99. The highest BCUT2D eigenvalue weighted by atomic mass is 31.2. The van der Waals surface area contributed by atoms with Crippen LogP contribution in [0.2, 0.25) is 0 Å². The van der Waals surface area contributed by atoms with Gasteiger partial charge in [0.2, 0.25) is 0 Å². The second kappa shape index (κ2) is 5.14. The lowest BCUT2D eigenvalue weighted by Gasteiger charge is -2.41. The molecule has 0 saturated carbocycles. The van der Waals surface area contributed by atoms with Gasteiger partial charge < -0.3 is 0 Å². The highest BCUT2D eigenvalue weighted by Crippen LogP contribution is 2.54. The Morgan fingerprint density at radius 2 is 1.61 bits per heavy atom. The number of rotatable bonds is 3. The summed E-state index contributed by atoms with van der Waals surface area (Å²) in [6.45, 7) is 1.62. The molecule has 18 heavy (non-hydrogen) atoms. The Morgan fingerprint density at radius 3 is 2.17 bits per heavy atom. The maximum absolute atomic E-state index is 13.2. The Hall–Kier alpha value is -0.670. The maximum Gasteiger partial charge on any atom is 0.286 e. The molecule has 0 unspecified atom stereocenters. The standard InChI is InChI=1S/C13H22N3OP/c1-14(2)18(17,15(3)4)16-10-9-12-7-5-6-8-13(12)11-16/h5-8H,9-11H2,1-4H3. The van der Waals surface area contributed by atoms with Crippen LogP contribution < -0.4 is 0 Å². The minimum atomic E-state index is -2.59. The highest BCUT2D eigenvalue weighted by Gasteiger charge is 2.37. The summed E-state index contributed by atoms with van der Waals surface area (Å²) in [4.78, 5) is 0. The quantitative estimate of drug-likeness (QED) is 0.785. The van der Waals surface area contributed by atoms with Crippen LogP contribution >= 0.6 is 7.59 Å². The molecule has 2 rings (SSSR count). The van der Waals surface area contributed by atoms with E-state index in [-0.39, 0.29) is 0 Å². The first-order valence-corrected chi connectivity index (χ1v) is 7.80. The Kier molecular flexibility index (Phi) is 3.93. The normalized spacial score (nSPS) is 17.2. The van der Waals surface area contributed by atoms with Crippen molar-refractivity contribution in [3.63, 3.8) is 0 Å². The van der Waals surface area contributed by atoms with Crippen molar-refractivity contribution >= 4 is 7.59 Å². The SMILES string of the molecule is CN(C)P(=O)(N(C)C)N1CCc2ccccc2C1. The molecule has 4 nitrogen and oxygen atoms in total. The van der Waals surface area contributed by atoms with Crippen molar-refractivity contribution in [1.29, 1.82) is 0 Å². The molecule has 0 aliphatic carbocycles. The lowest BCUT2D eigenvalue weighted by Crippen LogP contribution is -2.37. The van der Waals surface area contributed by atoms with Crippen molar-refractivity contribution in [1.82, 2.24) is 14.0 Å². The van der Waals surface area contributed by atoms with Gasteiger partial charge >= 0.3 is 0 Å². The van der Waals surface area contributed by atoms with Crippen LogP contribution in [0.25, 0.3) is 0 Å². The predicted molar refractivity (Wildman–Crippen MR) is 75.5 cm³/mol. The summed E-state index contributed by atoms with van der Waals surface area (Å²) in [5.74, 6) is 0. The first-order chi connectivity index (χ1) is 8.46. The fraction of sp³-hybridized carbons (Fsp3) is 0.538. The Bertz CT molecular complexity index is 461. The number of nitrogens with zero attached hydrogens (tertiary/aromatic N) is 3. The molecule has 0 spiro atoms. The van der Waals surface area contributed by atoms with Crippen LogP contribution in [-0.2, 0) is 17.5 Å². The minimum Gasteiger partial charge on any atom is -0.270 e. The molecule has 0 bridgehead atoms. The third-order valence-corrected chi connectivity index (χ3v) is 6.68. The molecule has 1 aromatic rings. The van der Waals surface area contributed by atoms with Gasteiger partial charge in [-0.15, -0.1) is 0 Å². The van der Waals surface area contributed by atoms with E-state index in [9.17, 15) is 4.57 Å². The molecule has 1 heterocycles. The van der Waals surface area contributed by atoms with Gasteiger partial charge in [-0.3, -0.25) is 4.57 Å². The van der Waals surface area contributed by atoms with E-state index in [1.807, 2.05) is 37.5 Å². The van der Waals surface area contributed by atoms with E-state index in [1.54, 1.807) is 0 Å². The lowest BCUT2D eigenvalue weighted by atomic mass is 10.0. The summed E-state index contributed by atoms with van der Waals surface area (Å²) in [6, 6.07) is 8.44. The van der Waals surface area contributed by atoms with E-state index >= 15 is 0 Å². The summed E-state index contributed by atoms with van der Waals surface area (Å²) < 4.78 is 19.0. The maximum atomic E-state index is 13.2. The highest BCUT2D eigenvalue weighted by molar-refractivity contribution is 7.56. The van der Waals surface area contributed by atoms with Gasteiger partial charge in [-0.05, 0) is 45.7 Å². The molecule has 5 heteroatoms. The number of fused-ring (bicyclic) bond motifs is 1. The van der Waals surface area contributed by atoms with E-state index in [0.717, 1.165) is 19.5 Å². The lowest BCUT2D eigenvalue weighted by molar-refractivity contribution is 0.313. The van der Waals surface area contributed by atoms with E-state index in [2.05, 4.69) is 28.9 Å². The summed E-state index contributed by atoms with van der Waals surface area (Å²) in [5, 5.41) is 0. The third kappa shape index (κ3) is 2.26. The van der Waals surface area contributed by atoms with Crippen LogP contribution in [0.3, 0.4) is 0 Å². The molecule has 0 amide bonds. The Balaban J connectivity index is 2.30. The van der Waals surface area contributed by atoms with Crippen LogP contribution in [0, 0.1) is 0 Å². The fourth-order valence-electron chi connectivity index (χ4n) is 2.57. The average Bonchev–Trinajstić information content (AvgIpc) is 2.36. The van der Waals surface area contributed by atoms with Crippen molar-refractivity contribution in [3.05, 3.63) is 35.4 Å². The van der Waals surface area contributed by atoms with Crippen molar-refractivity contribution in [2.45, 2.75) is 13.0 Å². The Labute approximate surface area is 110 Å². The van der Waals surface area contributed by atoms with Crippen LogP contribution in [0.15, 0.2) is 24.3 Å². The topological polar surface area (TPSA) is 26.8 Å². The van der Waals surface area contributed by atoms with Gasteiger partial charge in [0.05, 0.1) is 0 Å². The van der Waals surface area contributed by atoms with E-state index < -0.39 is 7.59 Å². The molecule has 0 saturated heterocycles. The molecular formula is C13H22N3OP. The van der Waals surface area contributed by atoms with Crippen LogP contribution in [0.5, 0.6) is 0 Å². The molecular weight excluding hydrogens is 245 g/mol. The largest absolute Gasteiger partial charge is 0.286 e. The van der Waals surface area contributed by atoms with Crippen LogP contribution in [0.1, 0.15) is 11.1 Å². The van der Waals surface area contributed by atoms with E-state index in [4.69, 9.17) is 0 Å². The second-order valence-electron chi connectivity index (χ2n) is 5.11. The second-order valence-corrected chi connectivity index (χ2v) is 8.31. The third-order valence-electron chi connectivity index (χ3n) is 3.52. The molecule has 0 aromatic heterocycles. The van der Waals surface area contributed by atoms with E-state index in [0.29, 0.717) is 0 Å². The first kappa shape index (κ1) is 13.8. The Morgan fingerprint density at radius 1 is 1.06 bits per heavy atom.